The summed E-state index contributed by atoms with van der Waals surface area (Å²) in [6, 6.07) is 6.31. The molecule has 1 unspecified atom stereocenters. The van der Waals surface area contributed by atoms with Crippen molar-refractivity contribution < 1.29 is 9.26 Å². The molecule has 0 fully saturated rings. The summed E-state index contributed by atoms with van der Waals surface area (Å²) in [5, 5.41) is 7.22. The van der Waals surface area contributed by atoms with E-state index in [4.69, 9.17) is 9.26 Å². The Morgan fingerprint density at radius 1 is 1.47 bits per heavy atom. The van der Waals surface area contributed by atoms with Crippen LogP contribution in [-0.4, -0.2) is 16.7 Å². The number of halogens is 1. The summed E-state index contributed by atoms with van der Waals surface area (Å²) in [5.74, 6) is 2.21. The third-order valence-corrected chi connectivity index (χ3v) is 3.57. The van der Waals surface area contributed by atoms with E-state index in [1.165, 1.54) is 0 Å². The number of aromatic nitrogens is 2. The van der Waals surface area contributed by atoms with Gasteiger partial charge in [0.1, 0.15) is 5.75 Å². The highest BCUT2D eigenvalue weighted by Gasteiger charge is 2.21. The monoisotopic (exact) mass is 323 g/mol. The van der Waals surface area contributed by atoms with Crippen LogP contribution in [-0.2, 0) is 6.54 Å². The zero-order chi connectivity index (χ0) is 13.2. The van der Waals surface area contributed by atoms with Gasteiger partial charge in [0.15, 0.2) is 5.82 Å². The van der Waals surface area contributed by atoms with E-state index in [0.29, 0.717) is 18.3 Å². The van der Waals surface area contributed by atoms with Crippen LogP contribution in [0.5, 0.6) is 5.75 Å². The molecule has 1 aromatic carbocycles. The lowest BCUT2D eigenvalue weighted by Gasteiger charge is -2.26. The highest BCUT2D eigenvalue weighted by atomic mass is 79.9. The molecule has 1 N–H and O–H groups in total. The molecule has 1 aliphatic heterocycles. The van der Waals surface area contributed by atoms with Gasteiger partial charge in [-0.05, 0) is 25.1 Å². The largest absolute Gasteiger partial charge is 0.493 e. The minimum Gasteiger partial charge on any atom is -0.493 e. The Morgan fingerprint density at radius 3 is 3.16 bits per heavy atom. The summed E-state index contributed by atoms with van der Waals surface area (Å²) in [5.41, 5.74) is 1.16. The molecule has 1 atom stereocenters. The van der Waals surface area contributed by atoms with Gasteiger partial charge in [-0.3, -0.25) is 0 Å². The molecule has 2 heterocycles. The number of aryl methyl sites for hydroxylation is 1. The molecular weight excluding hydrogens is 310 g/mol. The molecule has 0 saturated heterocycles. The lowest BCUT2D eigenvalue weighted by molar-refractivity contribution is 0.247. The molecule has 0 spiro atoms. The SMILES string of the molecule is Cc1noc(CNC2CCOc3ccc(Br)cc32)n1. The topological polar surface area (TPSA) is 60.2 Å². The van der Waals surface area contributed by atoms with Crippen molar-refractivity contribution in [3.8, 4) is 5.75 Å². The predicted octanol–water partition coefficient (Wildman–Crippen LogP) is 2.75. The third-order valence-electron chi connectivity index (χ3n) is 3.08. The van der Waals surface area contributed by atoms with Gasteiger partial charge < -0.3 is 14.6 Å². The Labute approximate surface area is 119 Å². The lowest BCUT2D eigenvalue weighted by Crippen LogP contribution is -2.26. The zero-order valence-electron chi connectivity index (χ0n) is 10.5. The van der Waals surface area contributed by atoms with E-state index in [1.54, 1.807) is 0 Å². The van der Waals surface area contributed by atoms with Crippen molar-refractivity contribution in [1.82, 2.24) is 15.5 Å². The van der Waals surface area contributed by atoms with Crippen molar-refractivity contribution >= 4 is 15.9 Å². The minimum absolute atomic E-state index is 0.244. The maximum absolute atomic E-state index is 5.65. The number of nitrogens with one attached hydrogen (secondary N) is 1. The quantitative estimate of drug-likeness (QED) is 0.941. The second-order valence-electron chi connectivity index (χ2n) is 4.49. The fourth-order valence-electron chi connectivity index (χ4n) is 2.20. The molecule has 0 amide bonds. The molecule has 0 bridgehead atoms. The van der Waals surface area contributed by atoms with Crippen LogP contribution in [0.3, 0.4) is 0 Å². The van der Waals surface area contributed by atoms with Crippen molar-refractivity contribution in [3.05, 3.63) is 40.0 Å². The number of hydrogen-bond donors (Lipinski definition) is 1. The summed E-state index contributed by atoms with van der Waals surface area (Å²) in [7, 11) is 0. The fraction of sp³-hybridized carbons (Fsp3) is 0.385. The number of ether oxygens (including phenoxy) is 1. The Morgan fingerprint density at radius 2 is 2.37 bits per heavy atom. The summed E-state index contributed by atoms with van der Waals surface area (Å²) in [6.45, 7) is 3.10. The van der Waals surface area contributed by atoms with Crippen molar-refractivity contribution in [1.29, 1.82) is 0 Å². The van der Waals surface area contributed by atoms with Crippen molar-refractivity contribution in [3.63, 3.8) is 0 Å². The first-order valence-corrected chi connectivity index (χ1v) is 6.96. The van der Waals surface area contributed by atoms with Gasteiger partial charge >= 0.3 is 0 Å². The van der Waals surface area contributed by atoms with E-state index in [2.05, 4.69) is 37.5 Å². The number of rotatable bonds is 3. The molecule has 0 saturated carbocycles. The minimum atomic E-state index is 0.244. The van der Waals surface area contributed by atoms with Gasteiger partial charge in [-0.15, -0.1) is 0 Å². The van der Waals surface area contributed by atoms with Crippen LogP contribution in [0.25, 0.3) is 0 Å². The van der Waals surface area contributed by atoms with Crippen molar-refractivity contribution in [2.24, 2.45) is 0 Å². The highest BCUT2D eigenvalue weighted by molar-refractivity contribution is 9.10. The molecule has 6 heteroatoms. The summed E-state index contributed by atoms with van der Waals surface area (Å²) in [6.07, 6.45) is 0.927. The highest BCUT2D eigenvalue weighted by Crippen LogP contribution is 2.34. The van der Waals surface area contributed by atoms with Crippen LogP contribution in [0.4, 0.5) is 0 Å². The Kier molecular flexibility index (Phi) is 3.52. The van der Waals surface area contributed by atoms with Crippen LogP contribution in [0.15, 0.2) is 27.2 Å². The maximum atomic E-state index is 5.65. The smallest absolute Gasteiger partial charge is 0.240 e. The number of nitrogens with zero attached hydrogens (tertiary/aromatic N) is 2. The van der Waals surface area contributed by atoms with Crippen LogP contribution in [0.1, 0.15) is 29.7 Å². The number of fused-ring (bicyclic) bond motifs is 1. The first-order valence-electron chi connectivity index (χ1n) is 6.17. The Bertz CT molecular complexity index is 585. The normalized spacial score (nSPS) is 17.9. The maximum Gasteiger partial charge on any atom is 0.240 e. The summed E-state index contributed by atoms with van der Waals surface area (Å²) >= 11 is 3.49. The van der Waals surface area contributed by atoms with E-state index in [0.717, 1.165) is 28.8 Å². The van der Waals surface area contributed by atoms with E-state index in [-0.39, 0.29) is 6.04 Å². The lowest BCUT2D eigenvalue weighted by atomic mass is 10.0. The molecule has 19 heavy (non-hydrogen) atoms. The molecule has 3 rings (SSSR count). The molecule has 1 aromatic heterocycles. The zero-order valence-corrected chi connectivity index (χ0v) is 12.1. The Hall–Kier alpha value is -1.40. The summed E-state index contributed by atoms with van der Waals surface area (Å²) in [4.78, 5) is 4.19. The first-order chi connectivity index (χ1) is 9.22. The molecule has 1 aliphatic rings. The second kappa shape index (κ2) is 5.30. The van der Waals surface area contributed by atoms with Gasteiger partial charge in [0.05, 0.1) is 13.2 Å². The average Bonchev–Trinajstić information content (AvgIpc) is 2.82. The third kappa shape index (κ3) is 2.79. The van der Waals surface area contributed by atoms with Crippen LogP contribution >= 0.6 is 15.9 Å². The van der Waals surface area contributed by atoms with Gasteiger partial charge in [-0.1, -0.05) is 21.1 Å². The van der Waals surface area contributed by atoms with E-state index in [9.17, 15) is 0 Å². The molecule has 5 nitrogen and oxygen atoms in total. The molecule has 100 valence electrons. The van der Waals surface area contributed by atoms with Gasteiger partial charge in [0.2, 0.25) is 5.89 Å². The van der Waals surface area contributed by atoms with Gasteiger partial charge in [0.25, 0.3) is 0 Å². The van der Waals surface area contributed by atoms with E-state index < -0.39 is 0 Å². The molecular formula is C13H14BrN3O2. The van der Waals surface area contributed by atoms with Crippen LogP contribution in [0, 0.1) is 6.92 Å². The predicted molar refractivity (Wildman–Crippen MR) is 72.9 cm³/mol. The number of benzene rings is 1. The van der Waals surface area contributed by atoms with Gasteiger partial charge in [-0.2, -0.15) is 4.98 Å². The second-order valence-corrected chi connectivity index (χ2v) is 5.40. The Balaban J connectivity index is 1.74. The number of hydrogen-bond acceptors (Lipinski definition) is 5. The first kappa shape index (κ1) is 12.6. The molecule has 0 aliphatic carbocycles. The standard InChI is InChI=1S/C13H14BrN3O2/c1-8-16-13(19-17-8)7-15-11-4-5-18-12-3-2-9(14)6-10(11)12/h2-3,6,11,15H,4-5,7H2,1H3. The fourth-order valence-corrected chi connectivity index (χ4v) is 2.58. The molecule has 2 aromatic rings. The van der Waals surface area contributed by atoms with E-state index in [1.807, 2.05) is 19.1 Å². The van der Waals surface area contributed by atoms with Gasteiger partial charge in [-0.25, -0.2) is 0 Å². The van der Waals surface area contributed by atoms with Crippen LogP contribution < -0.4 is 10.1 Å². The van der Waals surface area contributed by atoms with Crippen LogP contribution in [0.2, 0.25) is 0 Å². The van der Waals surface area contributed by atoms with Crippen molar-refractivity contribution in [2.45, 2.75) is 25.9 Å². The van der Waals surface area contributed by atoms with Crippen molar-refractivity contribution in [2.75, 3.05) is 6.61 Å². The summed E-state index contributed by atoms with van der Waals surface area (Å²) < 4.78 is 11.8. The van der Waals surface area contributed by atoms with E-state index >= 15 is 0 Å². The molecule has 0 radical (unpaired) electrons. The van der Waals surface area contributed by atoms with Gasteiger partial charge in [0, 0.05) is 22.5 Å². The average molecular weight is 324 g/mol.